The number of phenolic OH excluding ortho intramolecular Hbond substituents is 1. The van der Waals surface area contributed by atoms with Gasteiger partial charge in [0.2, 0.25) is 0 Å². The highest BCUT2D eigenvalue weighted by atomic mass is 19.1. The maximum Gasteiger partial charge on any atom is 0.126 e. The fourth-order valence-corrected chi connectivity index (χ4v) is 1.15. The fourth-order valence-electron chi connectivity index (χ4n) is 1.15. The summed E-state index contributed by atoms with van der Waals surface area (Å²) in [5.41, 5.74) is 3.34. The van der Waals surface area contributed by atoms with Crippen molar-refractivity contribution in [3.63, 3.8) is 0 Å². The quantitative estimate of drug-likeness (QED) is 0.730. The Kier molecular flexibility index (Phi) is 3.85. The molecule has 0 aromatic heterocycles. The van der Waals surface area contributed by atoms with Gasteiger partial charge in [0.05, 0.1) is 12.6 Å². The minimum Gasteiger partial charge on any atom is -0.508 e. The van der Waals surface area contributed by atoms with Crippen LogP contribution in [0.15, 0.2) is 18.2 Å². The lowest BCUT2D eigenvalue weighted by molar-refractivity contribution is 0.0279. The van der Waals surface area contributed by atoms with Crippen LogP contribution in [-0.2, 0) is 4.84 Å². The first-order valence-corrected chi connectivity index (χ1v) is 4.51. The van der Waals surface area contributed by atoms with E-state index in [4.69, 9.17) is 4.84 Å². The highest BCUT2D eigenvalue weighted by Gasteiger charge is 2.10. The van der Waals surface area contributed by atoms with Crippen LogP contribution in [0.2, 0.25) is 0 Å². The van der Waals surface area contributed by atoms with Gasteiger partial charge in [-0.3, -0.25) is 0 Å². The standard InChI is InChI=1S/C10H14FNO2/c1-3-14-12-7(2)9-5-4-8(11)6-10(9)13/h4-7,12-13H,3H2,1-2H3. The van der Waals surface area contributed by atoms with Gasteiger partial charge in [0.15, 0.2) is 0 Å². The van der Waals surface area contributed by atoms with Gasteiger partial charge < -0.3 is 9.94 Å². The van der Waals surface area contributed by atoms with E-state index in [1.807, 2.05) is 13.8 Å². The second kappa shape index (κ2) is 4.93. The van der Waals surface area contributed by atoms with Crippen molar-refractivity contribution in [2.75, 3.05) is 6.61 Å². The SMILES string of the molecule is CCONC(C)c1ccc(F)cc1O. The first-order chi connectivity index (χ1) is 6.65. The van der Waals surface area contributed by atoms with Crippen molar-refractivity contribution in [1.82, 2.24) is 5.48 Å². The lowest BCUT2D eigenvalue weighted by atomic mass is 10.1. The van der Waals surface area contributed by atoms with E-state index < -0.39 is 5.82 Å². The average Bonchev–Trinajstić information content (AvgIpc) is 2.14. The number of rotatable bonds is 4. The monoisotopic (exact) mass is 199 g/mol. The zero-order valence-corrected chi connectivity index (χ0v) is 8.25. The van der Waals surface area contributed by atoms with Gasteiger partial charge in [0, 0.05) is 11.6 Å². The van der Waals surface area contributed by atoms with Crippen LogP contribution in [0.25, 0.3) is 0 Å². The number of hydrogen-bond donors (Lipinski definition) is 2. The topological polar surface area (TPSA) is 41.5 Å². The molecule has 0 saturated heterocycles. The number of hydrogen-bond acceptors (Lipinski definition) is 3. The van der Waals surface area contributed by atoms with E-state index in [9.17, 15) is 9.50 Å². The first kappa shape index (κ1) is 10.9. The minimum atomic E-state index is -0.449. The van der Waals surface area contributed by atoms with Crippen LogP contribution in [0.1, 0.15) is 25.5 Å². The molecule has 1 aromatic rings. The van der Waals surface area contributed by atoms with Crippen LogP contribution >= 0.6 is 0 Å². The number of halogens is 1. The van der Waals surface area contributed by atoms with Crippen molar-refractivity contribution in [2.24, 2.45) is 0 Å². The van der Waals surface area contributed by atoms with E-state index >= 15 is 0 Å². The van der Waals surface area contributed by atoms with Gasteiger partial charge in [-0.1, -0.05) is 6.07 Å². The normalized spacial score (nSPS) is 12.8. The number of benzene rings is 1. The maximum absolute atomic E-state index is 12.7. The molecule has 78 valence electrons. The molecule has 0 bridgehead atoms. The summed E-state index contributed by atoms with van der Waals surface area (Å²) >= 11 is 0. The Hall–Kier alpha value is -1.13. The van der Waals surface area contributed by atoms with Crippen molar-refractivity contribution >= 4 is 0 Å². The molecule has 0 saturated carbocycles. The molecule has 0 heterocycles. The summed E-state index contributed by atoms with van der Waals surface area (Å²) in [6, 6.07) is 3.75. The average molecular weight is 199 g/mol. The molecule has 0 aliphatic rings. The van der Waals surface area contributed by atoms with E-state index in [-0.39, 0.29) is 11.8 Å². The van der Waals surface area contributed by atoms with Crippen molar-refractivity contribution < 1.29 is 14.3 Å². The van der Waals surface area contributed by atoms with Crippen molar-refractivity contribution in [3.8, 4) is 5.75 Å². The molecule has 0 aliphatic carbocycles. The van der Waals surface area contributed by atoms with Crippen molar-refractivity contribution in [1.29, 1.82) is 0 Å². The molecule has 3 nitrogen and oxygen atoms in total. The van der Waals surface area contributed by atoms with Gasteiger partial charge in [-0.2, -0.15) is 5.48 Å². The molecule has 0 fully saturated rings. The molecule has 0 radical (unpaired) electrons. The third kappa shape index (κ3) is 2.68. The van der Waals surface area contributed by atoms with Crippen molar-refractivity contribution in [3.05, 3.63) is 29.6 Å². The Morgan fingerprint density at radius 1 is 1.57 bits per heavy atom. The maximum atomic E-state index is 12.7. The summed E-state index contributed by atoms with van der Waals surface area (Å²) in [7, 11) is 0. The molecule has 1 aromatic carbocycles. The molecule has 0 spiro atoms. The van der Waals surface area contributed by atoms with Crippen molar-refractivity contribution in [2.45, 2.75) is 19.9 Å². The third-order valence-electron chi connectivity index (χ3n) is 1.86. The van der Waals surface area contributed by atoms with E-state index in [0.29, 0.717) is 12.2 Å². The summed E-state index contributed by atoms with van der Waals surface area (Å²) in [4.78, 5) is 4.98. The molecule has 4 heteroatoms. The Morgan fingerprint density at radius 3 is 2.86 bits per heavy atom. The number of hydroxylamine groups is 1. The van der Waals surface area contributed by atoms with Crippen LogP contribution in [0.5, 0.6) is 5.75 Å². The van der Waals surface area contributed by atoms with Crippen LogP contribution < -0.4 is 5.48 Å². The molecule has 1 atom stereocenters. The third-order valence-corrected chi connectivity index (χ3v) is 1.86. The number of phenols is 1. The molecule has 1 rings (SSSR count). The first-order valence-electron chi connectivity index (χ1n) is 4.51. The van der Waals surface area contributed by atoms with Gasteiger partial charge in [0.25, 0.3) is 0 Å². The van der Waals surface area contributed by atoms with Crippen LogP contribution in [-0.4, -0.2) is 11.7 Å². The second-order valence-corrected chi connectivity index (χ2v) is 2.98. The summed E-state index contributed by atoms with van der Waals surface area (Å²) in [6.07, 6.45) is 0. The lowest BCUT2D eigenvalue weighted by Gasteiger charge is -2.14. The fraction of sp³-hybridized carbons (Fsp3) is 0.400. The molecular formula is C10H14FNO2. The highest BCUT2D eigenvalue weighted by molar-refractivity contribution is 5.34. The van der Waals surface area contributed by atoms with Gasteiger partial charge in [-0.25, -0.2) is 4.39 Å². The molecule has 0 aliphatic heterocycles. The largest absolute Gasteiger partial charge is 0.508 e. The zero-order chi connectivity index (χ0) is 10.6. The van der Waals surface area contributed by atoms with Gasteiger partial charge >= 0.3 is 0 Å². The Labute approximate surface area is 82.5 Å². The van der Waals surface area contributed by atoms with E-state index in [1.54, 1.807) is 0 Å². The van der Waals surface area contributed by atoms with Crippen LogP contribution in [0.4, 0.5) is 4.39 Å². The van der Waals surface area contributed by atoms with E-state index in [0.717, 1.165) is 6.07 Å². The number of aromatic hydroxyl groups is 1. The Bertz CT molecular complexity index is 304. The summed E-state index contributed by atoms with van der Waals surface area (Å²) in [5.74, 6) is -0.514. The molecule has 1 unspecified atom stereocenters. The van der Waals surface area contributed by atoms with Gasteiger partial charge in [-0.05, 0) is 19.9 Å². The van der Waals surface area contributed by atoms with E-state index in [1.165, 1.54) is 12.1 Å². The summed E-state index contributed by atoms with van der Waals surface area (Å²) < 4.78 is 12.7. The second-order valence-electron chi connectivity index (χ2n) is 2.98. The molecule has 14 heavy (non-hydrogen) atoms. The molecule has 2 N–H and O–H groups in total. The molecule has 0 amide bonds. The van der Waals surface area contributed by atoms with Gasteiger partial charge in [-0.15, -0.1) is 0 Å². The number of nitrogens with one attached hydrogen (secondary N) is 1. The summed E-state index contributed by atoms with van der Waals surface area (Å²) in [5, 5.41) is 9.43. The predicted molar refractivity (Wildman–Crippen MR) is 51.2 cm³/mol. The van der Waals surface area contributed by atoms with E-state index in [2.05, 4.69) is 5.48 Å². The smallest absolute Gasteiger partial charge is 0.126 e. The minimum absolute atomic E-state index is 0.0651. The highest BCUT2D eigenvalue weighted by Crippen LogP contribution is 2.24. The summed E-state index contributed by atoms with van der Waals surface area (Å²) in [6.45, 7) is 4.21. The van der Waals surface area contributed by atoms with Crippen LogP contribution in [0.3, 0.4) is 0 Å². The van der Waals surface area contributed by atoms with Gasteiger partial charge in [0.1, 0.15) is 11.6 Å². The molecular weight excluding hydrogens is 185 g/mol. The zero-order valence-electron chi connectivity index (χ0n) is 8.25. The Balaban J connectivity index is 2.74. The predicted octanol–water partition coefficient (Wildman–Crippen LogP) is 2.13. The van der Waals surface area contributed by atoms with Crippen LogP contribution in [0, 0.1) is 5.82 Å². The Morgan fingerprint density at radius 2 is 2.29 bits per heavy atom. The lowest BCUT2D eigenvalue weighted by Crippen LogP contribution is -2.19.